The van der Waals surface area contributed by atoms with Gasteiger partial charge in [0.05, 0.1) is 5.69 Å². The Balaban J connectivity index is 2.67. The van der Waals surface area contributed by atoms with Crippen molar-refractivity contribution in [2.45, 2.75) is 6.18 Å². The van der Waals surface area contributed by atoms with Gasteiger partial charge in [0.25, 0.3) is 10.2 Å². The smallest absolute Gasteiger partial charge is 0.402 e. The molecule has 0 radical (unpaired) electrons. The minimum absolute atomic E-state index is 0.0780. The molecule has 0 bridgehead atoms. The summed E-state index contributed by atoms with van der Waals surface area (Å²) < 4.78 is 67.1. The molecule has 0 fully saturated rings. The average Bonchev–Trinajstić information content (AvgIpc) is 2.33. The normalized spacial score (nSPS) is 12.2. The minimum atomic E-state index is -4.62. The molecule has 0 aromatic heterocycles. The van der Waals surface area contributed by atoms with E-state index in [0.717, 1.165) is 0 Å². The van der Waals surface area contributed by atoms with Crippen LogP contribution < -0.4 is 19.9 Å². The van der Waals surface area contributed by atoms with E-state index in [2.05, 4.69) is 0 Å². The van der Waals surface area contributed by atoms with Gasteiger partial charge in [0.15, 0.2) is 0 Å². The number of rotatable bonds is 7. The van der Waals surface area contributed by atoms with Crippen molar-refractivity contribution in [1.82, 2.24) is 4.72 Å². The Labute approximate surface area is 114 Å². The van der Waals surface area contributed by atoms with Gasteiger partial charge in [0.2, 0.25) is 0 Å². The molecular weight excluding hydrogens is 299 g/mol. The van der Waals surface area contributed by atoms with Crippen molar-refractivity contribution in [3.8, 4) is 5.75 Å². The summed E-state index contributed by atoms with van der Waals surface area (Å²) in [7, 11) is -4.31. The van der Waals surface area contributed by atoms with E-state index in [1.54, 1.807) is 6.07 Å². The molecule has 10 heteroatoms. The Morgan fingerprint density at radius 3 is 2.60 bits per heavy atom. The highest BCUT2D eigenvalue weighted by Crippen LogP contribution is 2.18. The van der Waals surface area contributed by atoms with E-state index in [1.165, 1.54) is 22.9 Å². The first kappa shape index (κ1) is 16.5. The van der Waals surface area contributed by atoms with Crippen molar-refractivity contribution >= 4 is 15.9 Å². The second-order valence-corrected chi connectivity index (χ2v) is 5.21. The highest BCUT2D eigenvalue weighted by atomic mass is 32.2. The number of nitrogens with two attached hydrogens (primary N) is 1. The molecule has 1 rings (SSSR count). The van der Waals surface area contributed by atoms with Crippen LogP contribution in [-0.2, 0) is 10.2 Å². The molecule has 0 heterocycles. The van der Waals surface area contributed by atoms with Crippen molar-refractivity contribution in [2.75, 3.05) is 24.4 Å². The average molecular weight is 313 g/mol. The Bertz CT molecular complexity index is 534. The van der Waals surface area contributed by atoms with Gasteiger partial charge in [0.1, 0.15) is 18.9 Å². The zero-order chi connectivity index (χ0) is 15.2. The molecule has 4 N–H and O–H groups in total. The fourth-order valence-corrected chi connectivity index (χ4v) is 2.06. The minimum Gasteiger partial charge on any atom is -0.492 e. The van der Waals surface area contributed by atoms with E-state index in [9.17, 15) is 21.6 Å². The molecule has 20 heavy (non-hydrogen) atoms. The number of anilines is 1. The summed E-state index contributed by atoms with van der Waals surface area (Å²) in [6.45, 7) is -1.13. The van der Waals surface area contributed by atoms with Crippen molar-refractivity contribution in [1.29, 1.82) is 0 Å². The molecule has 0 atom stereocenters. The van der Waals surface area contributed by atoms with Gasteiger partial charge in [-0.25, -0.2) is 0 Å². The molecule has 0 amide bonds. The Kier molecular flexibility index (Phi) is 5.60. The number of hydrogen-bond acceptors (Lipinski definition) is 4. The van der Waals surface area contributed by atoms with Crippen LogP contribution in [0, 0.1) is 0 Å². The molecule has 0 unspecified atom stereocenters. The lowest BCUT2D eigenvalue weighted by Crippen LogP contribution is -2.37. The Morgan fingerprint density at radius 1 is 1.30 bits per heavy atom. The predicted molar refractivity (Wildman–Crippen MR) is 67.6 cm³/mol. The molecule has 1 aromatic carbocycles. The Hall–Kier alpha value is -1.52. The third kappa shape index (κ3) is 6.59. The van der Waals surface area contributed by atoms with Crippen molar-refractivity contribution in [3.63, 3.8) is 0 Å². The molecule has 0 saturated heterocycles. The quantitative estimate of drug-likeness (QED) is 0.695. The maximum Gasteiger partial charge on any atom is 0.402 e. The molecule has 114 valence electrons. The van der Waals surface area contributed by atoms with Gasteiger partial charge in [-0.05, 0) is 12.1 Å². The first-order valence-corrected chi connectivity index (χ1v) is 6.97. The summed E-state index contributed by atoms with van der Waals surface area (Å²) in [4.78, 5) is 0. The summed E-state index contributed by atoms with van der Waals surface area (Å²) >= 11 is 0. The lowest BCUT2D eigenvalue weighted by Gasteiger charge is -2.12. The largest absolute Gasteiger partial charge is 0.492 e. The standard InChI is InChI=1S/C10H14F3N3O3S/c11-10(12,13)7-15-20(17,18)16-8-2-1-3-9(6-8)19-5-4-14/h1-3,6,15-16H,4-5,7,14H2. The topological polar surface area (TPSA) is 93.4 Å². The van der Waals surface area contributed by atoms with Crippen molar-refractivity contribution in [3.05, 3.63) is 24.3 Å². The SMILES string of the molecule is NCCOc1cccc(NS(=O)(=O)NCC(F)(F)F)c1. The van der Waals surface area contributed by atoms with Crippen LogP contribution in [-0.4, -0.2) is 34.3 Å². The van der Waals surface area contributed by atoms with Gasteiger partial charge in [-0.1, -0.05) is 6.07 Å². The van der Waals surface area contributed by atoms with Crippen LogP contribution >= 0.6 is 0 Å². The second-order valence-electron chi connectivity index (χ2n) is 3.71. The number of halogens is 3. The van der Waals surface area contributed by atoms with Gasteiger partial charge in [-0.3, -0.25) is 4.72 Å². The predicted octanol–water partition coefficient (Wildman–Crippen LogP) is 0.833. The fraction of sp³-hybridized carbons (Fsp3) is 0.400. The van der Waals surface area contributed by atoms with E-state index in [0.29, 0.717) is 5.75 Å². The first-order chi connectivity index (χ1) is 9.22. The van der Waals surface area contributed by atoms with Gasteiger partial charge >= 0.3 is 6.18 Å². The van der Waals surface area contributed by atoms with Crippen LogP contribution in [0.2, 0.25) is 0 Å². The third-order valence-electron chi connectivity index (χ3n) is 1.94. The highest BCUT2D eigenvalue weighted by Gasteiger charge is 2.29. The first-order valence-electron chi connectivity index (χ1n) is 5.49. The van der Waals surface area contributed by atoms with Gasteiger partial charge in [0, 0.05) is 12.6 Å². The summed E-state index contributed by atoms with van der Waals surface area (Å²) in [6.07, 6.45) is -4.62. The van der Waals surface area contributed by atoms with E-state index in [4.69, 9.17) is 10.5 Å². The highest BCUT2D eigenvalue weighted by molar-refractivity contribution is 7.90. The van der Waals surface area contributed by atoms with Crippen LogP contribution in [0.4, 0.5) is 18.9 Å². The number of alkyl halides is 3. The summed E-state index contributed by atoms with van der Waals surface area (Å²) in [5, 5.41) is 0. The zero-order valence-electron chi connectivity index (χ0n) is 10.3. The van der Waals surface area contributed by atoms with Crippen LogP contribution in [0.5, 0.6) is 5.75 Å². The van der Waals surface area contributed by atoms with E-state index < -0.39 is 22.9 Å². The van der Waals surface area contributed by atoms with Gasteiger partial charge < -0.3 is 10.5 Å². The lowest BCUT2D eigenvalue weighted by molar-refractivity contribution is -0.121. The molecular formula is C10H14F3N3O3S. The summed E-state index contributed by atoms with van der Waals surface area (Å²) in [6, 6.07) is 5.77. The number of ether oxygens (including phenoxy) is 1. The number of benzene rings is 1. The second kappa shape index (κ2) is 6.77. The van der Waals surface area contributed by atoms with Crippen LogP contribution in [0.3, 0.4) is 0 Å². The zero-order valence-corrected chi connectivity index (χ0v) is 11.1. The van der Waals surface area contributed by atoms with Crippen LogP contribution in [0.15, 0.2) is 24.3 Å². The molecule has 0 saturated carbocycles. The van der Waals surface area contributed by atoms with E-state index in [1.807, 2.05) is 4.72 Å². The molecule has 0 aliphatic carbocycles. The Morgan fingerprint density at radius 2 is 2.00 bits per heavy atom. The fourth-order valence-electron chi connectivity index (χ4n) is 1.19. The lowest BCUT2D eigenvalue weighted by atomic mass is 10.3. The van der Waals surface area contributed by atoms with Crippen molar-refractivity contribution in [2.24, 2.45) is 5.73 Å². The summed E-state index contributed by atoms with van der Waals surface area (Å²) in [5.74, 6) is 0.353. The van der Waals surface area contributed by atoms with Crippen LogP contribution in [0.25, 0.3) is 0 Å². The van der Waals surface area contributed by atoms with Gasteiger partial charge in [-0.15, -0.1) is 0 Å². The summed E-state index contributed by atoms with van der Waals surface area (Å²) in [5.41, 5.74) is 5.32. The number of hydrogen-bond donors (Lipinski definition) is 3. The molecule has 0 aliphatic rings. The van der Waals surface area contributed by atoms with Crippen LogP contribution in [0.1, 0.15) is 0 Å². The van der Waals surface area contributed by atoms with E-state index >= 15 is 0 Å². The number of nitrogens with one attached hydrogen (secondary N) is 2. The molecule has 6 nitrogen and oxygen atoms in total. The third-order valence-corrected chi connectivity index (χ3v) is 2.96. The molecule has 0 spiro atoms. The monoisotopic (exact) mass is 313 g/mol. The van der Waals surface area contributed by atoms with E-state index in [-0.39, 0.29) is 18.8 Å². The maximum atomic E-state index is 11.9. The van der Waals surface area contributed by atoms with Gasteiger partial charge in [-0.2, -0.15) is 26.3 Å². The van der Waals surface area contributed by atoms with Crippen molar-refractivity contribution < 1.29 is 26.3 Å². The molecule has 0 aliphatic heterocycles. The molecule has 1 aromatic rings. The maximum absolute atomic E-state index is 11.9.